The third kappa shape index (κ3) is 2.96. The third-order valence-electron chi connectivity index (χ3n) is 4.08. The van der Waals surface area contributed by atoms with Gasteiger partial charge in [0.05, 0.1) is 20.6 Å². The lowest BCUT2D eigenvalue weighted by molar-refractivity contribution is -0.137. The fourth-order valence-electron chi connectivity index (χ4n) is 2.76. The fourth-order valence-corrected chi connectivity index (χ4v) is 2.76. The smallest absolute Gasteiger partial charge is 0.304 e. The van der Waals surface area contributed by atoms with Gasteiger partial charge in [-0.3, -0.25) is 4.79 Å². The first-order valence-electron chi connectivity index (χ1n) is 6.91. The van der Waals surface area contributed by atoms with E-state index in [2.05, 4.69) is 0 Å². The minimum atomic E-state index is -1.57. The molecule has 0 spiro atoms. The van der Waals surface area contributed by atoms with Crippen molar-refractivity contribution in [1.82, 2.24) is 0 Å². The van der Waals surface area contributed by atoms with E-state index in [0.717, 1.165) is 18.4 Å². The first-order chi connectivity index (χ1) is 9.73. The molecule has 0 radical (unpaired) electrons. The number of benzene rings is 1. The second-order valence-corrected chi connectivity index (χ2v) is 6.08. The molecule has 4 nitrogen and oxygen atoms in total. The molecule has 0 heterocycles. The number of hydrogen-bond donors (Lipinski definition) is 1. The number of carboxylic acids is 1. The maximum atomic E-state index is 14.3. The number of aliphatic carboxylic acids is 1. The Hall–Kier alpha value is -1.78. The van der Waals surface area contributed by atoms with Crippen LogP contribution in [0, 0.1) is 0 Å². The van der Waals surface area contributed by atoms with Crippen molar-refractivity contribution in [3.8, 4) is 11.5 Å². The fraction of sp³-hybridized carbons (Fsp3) is 0.562. The lowest BCUT2D eigenvalue weighted by atomic mass is 9.88. The summed E-state index contributed by atoms with van der Waals surface area (Å²) in [7, 11) is 2.99. The molecule has 0 aliphatic heterocycles. The summed E-state index contributed by atoms with van der Waals surface area (Å²) in [5.74, 6) is 0.105. The van der Waals surface area contributed by atoms with Crippen LogP contribution < -0.4 is 9.47 Å². The molecule has 116 valence electrons. The first-order valence-corrected chi connectivity index (χ1v) is 6.91. The summed E-state index contributed by atoms with van der Waals surface area (Å²) in [4.78, 5) is 11.1. The number of carbonyl (C=O) groups is 1. The Kier molecular flexibility index (Phi) is 3.87. The molecular formula is C16H21FO4. The largest absolute Gasteiger partial charge is 0.496 e. The summed E-state index contributed by atoms with van der Waals surface area (Å²) < 4.78 is 25.0. The van der Waals surface area contributed by atoms with E-state index < -0.39 is 17.1 Å². The summed E-state index contributed by atoms with van der Waals surface area (Å²) in [6, 6.07) is 3.35. The molecule has 1 aromatic rings. The first kappa shape index (κ1) is 15.6. The van der Waals surface area contributed by atoms with Crippen molar-refractivity contribution in [1.29, 1.82) is 0 Å². The minimum Gasteiger partial charge on any atom is -0.496 e. The van der Waals surface area contributed by atoms with E-state index >= 15 is 0 Å². The van der Waals surface area contributed by atoms with Gasteiger partial charge in [0.15, 0.2) is 0 Å². The lowest BCUT2D eigenvalue weighted by Gasteiger charge is -2.24. The second-order valence-electron chi connectivity index (χ2n) is 6.08. The maximum Gasteiger partial charge on any atom is 0.304 e. The second kappa shape index (κ2) is 5.20. The van der Waals surface area contributed by atoms with Crippen molar-refractivity contribution < 1.29 is 23.8 Å². The van der Waals surface area contributed by atoms with Crippen molar-refractivity contribution in [3.63, 3.8) is 0 Å². The zero-order chi connectivity index (χ0) is 15.8. The lowest BCUT2D eigenvalue weighted by Crippen LogP contribution is -2.17. The van der Waals surface area contributed by atoms with Gasteiger partial charge in [-0.15, -0.1) is 0 Å². The van der Waals surface area contributed by atoms with Crippen LogP contribution in [-0.2, 0) is 15.9 Å². The summed E-state index contributed by atoms with van der Waals surface area (Å²) in [5.41, 5.74) is -0.793. The molecule has 0 bridgehead atoms. The molecule has 21 heavy (non-hydrogen) atoms. The molecular weight excluding hydrogens is 275 g/mol. The Morgan fingerprint density at radius 3 is 2.24 bits per heavy atom. The highest BCUT2D eigenvalue weighted by molar-refractivity contribution is 5.71. The zero-order valence-electron chi connectivity index (χ0n) is 12.8. The van der Waals surface area contributed by atoms with Gasteiger partial charge in [-0.2, -0.15) is 0 Å². The average molecular weight is 296 g/mol. The minimum absolute atomic E-state index is 0.0465. The molecule has 1 saturated carbocycles. The normalized spacial score (nSPS) is 16.4. The number of halogens is 1. The van der Waals surface area contributed by atoms with Gasteiger partial charge in [0, 0.05) is 16.5 Å². The van der Waals surface area contributed by atoms with E-state index in [1.807, 2.05) is 0 Å². The van der Waals surface area contributed by atoms with Crippen LogP contribution in [0.25, 0.3) is 0 Å². The van der Waals surface area contributed by atoms with Gasteiger partial charge in [0.2, 0.25) is 0 Å². The molecule has 1 N–H and O–H groups in total. The molecule has 1 fully saturated rings. The van der Waals surface area contributed by atoms with Gasteiger partial charge in [0.1, 0.15) is 17.2 Å². The summed E-state index contributed by atoms with van der Waals surface area (Å²) in [5, 5.41) is 9.09. The molecule has 0 saturated heterocycles. The van der Waals surface area contributed by atoms with Crippen molar-refractivity contribution in [2.75, 3.05) is 14.2 Å². The van der Waals surface area contributed by atoms with Crippen molar-refractivity contribution in [2.45, 2.75) is 44.2 Å². The highest BCUT2D eigenvalue weighted by atomic mass is 19.1. The van der Waals surface area contributed by atoms with E-state index in [4.69, 9.17) is 14.6 Å². The molecule has 0 amide bonds. The Bertz CT molecular complexity index is 556. The van der Waals surface area contributed by atoms with Crippen LogP contribution >= 0.6 is 0 Å². The van der Waals surface area contributed by atoms with E-state index in [-0.39, 0.29) is 6.42 Å². The molecule has 0 unspecified atom stereocenters. The molecule has 0 atom stereocenters. The Morgan fingerprint density at radius 1 is 1.29 bits per heavy atom. The predicted octanol–water partition coefficient (Wildman–Crippen LogP) is 3.41. The number of methoxy groups -OCH3 is 2. The van der Waals surface area contributed by atoms with E-state index in [1.54, 1.807) is 12.1 Å². The molecule has 1 aromatic carbocycles. The van der Waals surface area contributed by atoms with Gasteiger partial charge in [-0.05, 0) is 38.8 Å². The summed E-state index contributed by atoms with van der Waals surface area (Å²) >= 11 is 0. The van der Waals surface area contributed by atoms with Crippen LogP contribution in [0.1, 0.15) is 44.2 Å². The maximum absolute atomic E-state index is 14.3. The Balaban J connectivity index is 2.55. The Labute approximate surface area is 123 Å². The van der Waals surface area contributed by atoms with Gasteiger partial charge in [-0.1, -0.05) is 0 Å². The topological polar surface area (TPSA) is 55.8 Å². The van der Waals surface area contributed by atoms with Gasteiger partial charge >= 0.3 is 5.97 Å². The van der Waals surface area contributed by atoms with E-state index in [0.29, 0.717) is 17.1 Å². The SMILES string of the molecule is COc1cc(C2(CC(=O)O)CC2)c(OC)cc1C(C)(C)F. The molecule has 0 aromatic heterocycles. The predicted molar refractivity (Wildman–Crippen MR) is 76.8 cm³/mol. The molecule has 5 heteroatoms. The van der Waals surface area contributed by atoms with Crippen molar-refractivity contribution >= 4 is 5.97 Å². The van der Waals surface area contributed by atoms with Gasteiger partial charge < -0.3 is 14.6 Å². The molecule has 1 aliphatic carbocycles. The van der Waals surface area contributed by atoms with Crippen LogP contribution in [0.4, 0.5) is 4.39 Å². The average Bonchev–Trinajstić information content (AvgIpc) is 3.15. The van der Waals surface area contributed by atoms with Crippen molar-refractivity contribution in [2.24, 2.45) is 0 Å². The quantitative estimate of drug-likeness (QED) is 0.874. The van der Waals surface area contributed by atoms with Crippen LogP contribution in [0.3, 0.4) is 0 Å². The highest BCUT2D eigenvalue weighted by Crippen LogP contribution is 2.55. The standard InChI is InChI=1S/C16H21FO4/c1-15(2,17)10-7-13(21-4)11(8-12(10)20-3)16(5-6-16)9-14(18)19/h7-8H,5-6,9H2,1-4H3,(H,18,19). The summed E-state index contributed by atoms with van der Waals surface area (Å²) in [6.45, 7) is 2.90. The van der Waals surface area contributed by atoms with Crippen LogP contribution in [0.5, 0.6) is 11.5 Å². The highest BCUT2D eigenvalue weighted by Gasteiger charge is 2.48. The summed E-state index contributed by atoms with van der Waals surface area (Å²) in [6.07, 6.45) is 1.62. The van der Waals surface area contributed by atoms with Gasteiger partial charge in [-0.25, -0.2) is 4.39 Å². The number of carboxylic acid groups (broad SMARTS) is 1. The number of ether oxygens (including phenoxy) is 2. The van der Waals surface area contributed by atoms with Crippen molar-refractivity contribution in [3.05, 3.63) is 23.3 Å². The van der Waals surface area contributed by atoms with Crippen LogP contribution in [0.2, 0.25) is 0 Å². The van der Waals surface area contributed by atoms with Gasteiger partial charge in [0.25, 0.3) is 0 Å². The van der Waals surface area contributed by atoms with Crippen LogP contribution in [0.15, 0.2) is 12.1 Å². The van der Waals surface area contributed by atoms with E-state index in [9.17, 15) is 9.18 Å². The number of rotatable bonds is 6. The zero-order valence-corrected chi connectivity index (χ0v) is 12.8. The third-order valence-corrected chi connectivity index (χ3v) is 4.08. The molecule has 2 rings (SSSR count). The number of alkyl halides is 1. The monoisotopic (exact) mass is 296 g/mol. The van der Waals surface area contributed by atoms with Crippen LogP contribution in [-0.4, -0.2) is 25.3 Å². The molecule has 1 aliphatic rings. The number of hydrogen-bond acceptors (Lipinski definition) is 3. The van der Waals surface area contributed by atoms with E-state index in [1.165, 1.54) is 28.1 Å². The Morgan fingerprint density at radius 2 is 1.86 bits per heavy atom.